The number of hydrogen-bond acceptors (Lipinski definition) is 3. The van der Waals surface area contributed by atoms with Crippen molar-refractivity contribution in [1.82, 2.24) is 24.1 Å². The molecule has 0 aliphatic heterocycles. The summed E-state index contributed by atoms with van der Waals surface area (Å²) in [6, 6.07) is 60.1. The fourth-order valence-electron chi connectivity index (χ4n) is 7.82. The second kappa shape index (κ2) is 12.4. The summed E-state index contributed by atoms with van der Waals surface area (Å²) in [7, 11) is 0. The lowest BCUT2D eigenvalue weighted by Crippen LogP contribution is -2.10. The van der Waals surface area contributed by atoms with Gasteiger partial charge in [0, 0.05) is 49.6 Å². The first-order valence-electron chi connectivity index (χ1n) is 18.5. The summed E-state index contributed by atoms with van der Waals surface area (Å²) in [6.45, 7) is 6.69. The van der Waals surface area contributed by atoms with Gasteiger partial charge in [0.1, 0.15) is 0 Å². The van der Waals surface area contributed by atoms with Gasteiger partial charge in [-0.15, -0.1) is 0 Å². The highest BCUT2D eigenvalue weighted by Crippen LogP contribution is 2.40. The molecular formula is C49H37N5. The maximum absolute atomic E-state index is 5.11. The second-order valence-corrected chi connectivity index (χ2v) is 15.0. The molecule has 3 heterocycles. The van der Waals surface area contributed by atoms with Crippen LogP contribution >= 0.6 is 0 Å². The van der Waals surface area contributed by atoms with Crippen LogP contribution in [-0.4, -0.2) is 24.1 Å². The predicted molar refractivity (Wildman–Crippen MR) is 224 cm³/mol. The first kappa shape index (κ1) is 31.9. The molecule has 0 amide bonds. The highest BCUT2D eigenvalue weighted by Gasteiger charge is 2.20. The van der Waals surface area contributed by atoms with Crippen LogP contribution in [0.25, 0.3) is 89.2 Å². The minimum Gasteiger partial charge on any atom is -0.309 e. The van der Waals surface area contributed by atoms with Gasteiger partial charge in [0.15, 0.2) is 17.5 Å². The monoisotopic (exact) mass is 695 g/mol. The Kier molecular flexibility index (Phi) is 7.31. The average Bonchev–Trinajstić information content (AvgIpc) is 3.72. The highest BCUT2D eigenvalue weighted by molar-refractivity contribution is 6.19. The van der Waals surface area contributed by atoms with Crippen LogP contribution in [0.15, 0.2) is 170 Å². The van der Waals surface area contributed by atoms with E-state index in [0.29, 0.717) is 17.5 Å². The quantitative estimate of drug-likeness (QED) is 0.180. The van der Waals surface area contributed by atoms with Crippen LogP contribution in [0.2, 0.25) is 0 Å². The Morgan fingerprint density at radius 2 is 0.815 bits per heavy atom. The molecule has 10 rings (SSSR count). The Morgan fingerprint density at radius 1 is 0.352 bits per heavy atom. The molecule has 0 bridgehead atoms. The van der Waals surface area contributed by atoms with Crippen molar-refractivity contribution in [2.75, 3.05) is 0 Å². The first-order valence-corrected chi connectivity index (χ1v) is 18.5. The third-order valence-corrected chi connectivity index (χ3v) is 10.5. The van der Waals surface area contributed by atoms with E-state index >= 15 is 0 Å². The van der Waals surface area contributed by atoms with E-state index in [9.17, 15) is 0 Å². The molecule has 5 heteroatoms. The van der Waals surface area contributed by atoms with Gasteiger partial charge in [0.25, 0.3) is 0 Å². The van der Waals surface area contributed by atoms with Crippen LogP contribution in [-0.2, 0) is 5.41 Å². The maximum atomic E-state index is 5.11. The van der Waals surface area contributed by atoms with Crippen molar-refractivity contribution in [3.05, 3.63) is 175 Å². The van der Waals surface area contributed by atoms with Crippen LogP contribution in [0, 0.1) is 0 Å². The summed E-state index contributed by atoms with van der Waals surface area (Å²) in [6.07, 6.45) is 0. The van der Waals surface area contributed by atoms with Crippen molar-refractivity contribution in [3.63, 3.8) is 0 Å². The third kappa shape index (κ3) is 5.28. The number of rotatable bonds is 5. The molecular weight excluding hydrogens is 659 g/mol. The Labute approximate surface area is 313 Å². The Hall–Kier alpha value is -6.85. The normalized spacial score (nSPS) is 12.0. The molecule has 0 aliphatic carbocycles. The van der Waals surface area contributed by atoms with Crippen LogP contribution in [0.4, 0.5) is 0 Å². The van der Waals surface area contributed by atoms with Gasteiger partial charge in [-0.05, 0) is 59.5 Å². The van der Waals surface area contributed by atoms with E-state index in [0.717, 1.165) is 39.1 Å². The summed E-state index contributed by atoms with van der Waals surface area (Å²) in [5.74, 6) is 1.93. The summed E-state index contributed by atoms with van der Waals surface area (Å²) in [5, 5.41) is 4.90. The Morgan fingerprint density at radius 3 is 1.41 bits per heavy atom. The molecule has 0 atom stereocenters. The average molecular weight is 696 g/mol. The molecule has 7 aromatic carbocycles. The fraction of sp³-hybridized carbons (Fsp3) is 0.0816. The van der Waals surface area contributed by atoms with Gasteiger partial charge in [-0.1, -0.05) is 142 Å². The van der Waals surface area contributed by atoms with Gasteiger partial charge in [-0.3, -0.25) is 0 Å². The van der Waals surface area contributed by atoms with Gasteiger partial charge in [0.05, 0.1) is 22.1 Å². The Bertz CT molecular complexity index is 3000. The van der Waals surface area contributed by atoms with E-state index in [-0.39, 0.29) is 5.41 Å². The summed E-state index contributed by atoms with van der Waals surface area (Å²) in [4.78, 5) is 15.2. The molecule has 10 aromatic rings. The molecule has 0 saturated heterocycles. The van der Waals surface area contributed by atoms with E-state index in [1.54, 1.807) is 0 Å². The van der Waals surface area contributed by atoms with E-state index in [1.807, 2.05) is 18.2 Å². The minimum atomic E-state index is 0.0507. The molecule has 258 valence electrons. The second-order valence-electron chi connectivity index (χ2n) is 15.0. The predicted octanol–water partition coefficient (Wildman–Crippen LogP) is 12.4. The van der Waals surface area contributed by atoms with E-state index < -0.39 is 0 Å². The molecule has 3 aromatic heterocycles. The van der Waals surface area contributed by atoms with Crippen molar-refractivity contribution in [2.45, 2.75) is 26.2 Å². The zero-order valence-electron chi connectivity index (χ0n) is 30.4. The number of benzene rings is 7. The number of para-hydroxylation sites is 3. The summed E-state index contributed by atoms with van der Waals surface area (Å²) < 4.78 is 4.76. The molecule has 0 saturated carbocycles. The first-order chi connectivity index (χ1) is 26.4. The van der Waals surface area contributed by atoms with E-state index in [1.165, 1.54) is 38.1 Å². The topological polar surface area (TPSA) is 48.5 Å². The molecule has 0 N–H and O–H groups in total. The van der Waals surface area contributed by atoms with Crippen molar-refractivity contribution in [2.24, 2.45) is 0 Å². The molecule has 5 nitrogen and oxygen atoms in total. The molecule has 0 unspecified atom stereocenters. The summed E-state index contributed by atoms with van der Waals surface area (Å²) in [5.41, 5.74) is 11.0. The zero-order chi connectivity index (χ0) is 36.4. The van der Waals surface area contributed by atoms with Crippen LogP contribution < -0.4 is 0 Å². The van der Waals surface area contributed by atoms with E-state index in [4.69, 9.17) is 15.0 Å². The van der Waals surface area contributed by atoms with Crippen molar-refractivity contribution in [3.8, 4) is 45.5 Å². The molecule has 54 heavy (non-hydrogen) atoms. The third-order valence-electron chi connectivity index (χ3n) is 10.5. The minimum absolute atomic E-state index is 0.0507. The van der Waals surface area contributed by atoms with Gasteiger partial charge in [-0.25, -0.2) is 15.0 Å². The fourth-order valence-corrected chi connectivity index (χ4v) is 7.82. The molecule has 0 aliphatic rings. The van der Waals surface area contributed by atoms with Crippen molar-refractivity contribution in [1.29, 1.82) is 0 Å². The number of hydrogen-bond donors (Lipinski definition) is 0. The van der Waals surface area contributed by atoms with Crippen LogP contribution in [0.3, 0.4) is 0 Å². The Balaban J connectivity index is 1.19. The lowest BCUT2D eigenvalue weighted by atomic mass is 9.87. The molecule has 0 radical (unpaired) electrons. The smallest absolute Gasteiger partial charge is 0.164 e. The SMILES string of the molecule is CC(C)(C)c1ccc(-c2nc(-c3ccccc3)nc(-c3cccc(-n4c5ccccc5c5cc6c7ccccc7n(-c7ccccc7)c6cc54)c3)n2)cc1. The maximum Gasteiger partial charge on any atom is 0.164 e. The van der Waals surface area contributed by atoms with Gasteiger partial charge in [-0.2, -0.15) is 0 Å². The number of nitrogens with zero attached hydrogens (tertiary/aromatic N) is 5. The largest absolute Gasteiger partial charge is 0.309 e. The summed E-state index contributed by atoms with van der Waals surface area (Å²) >= 11 is 0. The van der Waals surface area contributed by atoms with Crippen molar-refractivity contribution < 1.29 is 0 Å². The van der Waals surface area contributed by atoms with Crippen LogP contribution in [0.1, 0.15) is 26.3 Å². The van der Waals surface area contributed by atoms with E-state index in [2.05, 4.69) is 182 Å². The molecule has 0 spiro atoms. The lowest BCUT2D eigenvalue weighted by molar-refractivity contribution is 0.590. The van der Waals surface area contributed by atoms with Crippen LogP contribution in [0.5, 0.6) is 0 Å². The standard InChI is InChI=1S/C49H37N5/c1-49(2,3)35-27-25-33(26-28-35)47-50-46(32-15-6-4-7-16-32)51-48(52-47)34-17-14-20-37(29-34)54-43-24-13-11-22-39(43)41-30-40-38-21-10-12-23-42(38)53(44(40)31-45(41)54)36-18-8-5-9-19-36/h4-31H,1-3H3. The van der Waals surface area contributed by atoms with Crippen molar-refractivity contribution >= 4 is 43.6 Å². The lowest BCUT2D eigenvalue weighted by Gasteiger charge is -2.19. The zero-order valence-corrected chi connectivity index (χ0v) is 30.4. The number of aromatic nitrogens is 5. The highest BCUT2D eigenvalue weighted by atomic mass is 15.0. The molecule has 0 fully saturated rings. The van der Waals surface area contributed by atoms with Gasteiger partial charge in [0.2, 0.25) is 0 Å². The number of fused-ring (bicyclic) bond motifs is 6. The van der Waals surface area contributed by atoms with Gasteiger partial charge < -0.3 is 9.13 Å². The van der Waals surface area contributed by atoms with Gasteiger partial charge >= 0.3 is 0 Å².